The zero-order valence-corrected chi connectivity index (χ0v) is 13.3. The maximum absolute atomic E-state index is 6.39. The van der Waals surface area contributed by atoms with Crippen molar-refractivity contribution in [3.63, 3.8) is 0 Å². The molecule has 0 heterocycles. The molecule has 3 nitrogen and oxygen atoms in total. The fourth-order valence-electron chi connectivity index (χ4n) is 2.47. The predicted octanol–water partition coefficient (Wildman–Crippen LogP) is 4.03. The molecule has 4 heteroatoms. The lowest BCUT2D eigenvalue weighted by molar-refractivity contribution is 0.354. The van der Waals surface area contributed by atoms with Gasteiger partial charge in [0, 0.05) is 12.6 Å². The maximum Gasteiger partial charge on any atom is 0.179 e. The number of benzene rings is 1. The van der Waals surface area contributed by atoms with Crippen molar-refractivity contribution in [2.45, 2.75) is 45.2 Å². The van der Waals surface area contributed by atoms with Crippen LogP contribution in [0.5, 0.6) is 11.5 Å². The van der Waals surface area contributed by atoms with Gasteiger partial charge in [-0.2, -0.15) is 0 Å². The van der Waals surface area contributed by atoms with Crippen molar-refractivity contribution in [1.29, 1.82) is 0 Å². The van der Waals surface area contributed by atoms with E-state index in [0.717, 1.165) is 24.4 Å². The molecule has 1 unspecified atom stereocenters. The second-order valence-electron chi connectivity index (χ2n) is 5.44. The molecule has 0 bridgehead atoms. The van der Waals surface area contributed by atoms with E-state index in [1.807, 2.05) is 12.1 Å². The normalized spacial score (nSPS) is 16.0. The molecule has 0 aromatic heterocycles. The Morgan fingerprint density at radius 3 is 2.60 bits per heavy atom. The van der Waals surface area contributed by atoms with Crippen LogP contribution in [0.4, 0.5) is 0 Å². The van der Waals surface area contributed by atoms with Crippen molar-refractivity contribution in [3.8, 4) is 11.5 Å². The summed E-state index contributed by atoms with van der Waals surface area (Å²) in [7, 11) is 3.23. The van der Waals surface area contributed by atoms with E-state index in [1.165, 1.54) is 19.3 Å². The summed E-state index contributed by atoms with van der Waals surface area (Å²) >= 11 is 6.39. The van der Waals surface area contributed by atoms with Crippen LogP contribution in [0, 0.1) is 5.92 Å². The van der Waals surface area contributed by atoms with Gasteiger partial charge in [0.25, 0.3) is 0 Å². The van der Waals surface area contributed by atoms with Gasteiger partial charge in [-0.15, -0.1) is 0 Å². The van der Waals surface area contributed by atoms with Gasteiger partial charge in [0.15, 0.2) is 11.5 Å². The van der Waals surface area contributed by atoms with Crippen LogP contribution in [0.25, 0.3) is 0 Å². The molecule has 1 aliphatic carbocycles. The molecule has 20 heavy (non-hydrogen) atoms. The number of ether oxygens (including phenoxy) is 2. The molecule has 2 rings (SSSR count). The Morgan fingerprint density at radius 1 is 1.30 bits per heavy atom. The first-order valence-electron chi connectivity index (χ1n) is 7.32. The van der Waals surface area contributed by atoms with Crippen LogP contribution in [0.1, 0.15) is 38.2 Å². The van der Waals surface area contributed by atoms with Gasteiger partial charge in [-0.3, -0.25) is 0 Å². The SMILES string of the molecule is CCC(CC1CC1)NCc1ccc(OC)c(OC)c1Cl. The lowest BCUT2D eigenvalue weighted by Gasteiger charge is -2.18. The highest BCUT2D eigenvalue weighted by atomic mass is 35.5. The molecule has 0 radical (unpaired) electrons. The summed E-state index contributed by atoms with van der Waals surface area (Å²) in [5.41, 5.74) is 1.05. The average molecular weight is 298 g/mol. The lowest BCUT2D eigenvalue weighted by Crippen LogP contribution is -2.28. The van der Waals surface area contributed by atoms with Crippen LogP contribution in [0.2, 0.25) is 5.02 Å². The molecule has 0 spiro atoms. The van der Waals surface area contributed by atoms with Gasteiger partial charge < -0.3 is 14.8 Å². The van der Waals surface area contributed by atoms with Gasteiger partial charge in [-0.1, -0.05) is 37.4 Å². The fraction of sp³-hybridized carbons (Fsp3) is 0.625. The molecule has 1 fully saturated rings. The van der Waals surface area contributed by atoms with Crippen LogP contribution >= 0.6 is 11.6 Å². The molecule has 1 aromatic carbocycles. The minimum atomic E-state index is 0.576. The summed E-state index contributed by atoms with van der Waals surface area (Å²) in [4.78, 5) is 0. The largest absolute Gasteiger partial charge is 0.493 e. The molecule has 1 N–H and O–H groups in total. The number of halogens is 1. The van der Waals surface area contributed by atoms with Gasteiger partial charge in [0.2, 0.25) is 0 Å². The van der Waals surface area contributed by atoms with Crippen molar-refractivity contribution < 1.29 is 9.47 Å². The Labute approximate surface area is 126 Å². The summed E-state index contributed by atoms with van der Waals surface area (Å²) < 4.78 is 10.6. The molecule has 112 valence electrons. The molecule has 1 aromatic rings. The summed E-state index contributed by atoms with van der Waals surface area (Å²) in [6.45, 7) is 3.00. The maximum atomic E-state index is 6.39. The van der Waals surface area contributed by atoms with E-state index in [1.54, 1.807) is 14.2 Å². The Balaban J connectivity index is 2.00. The van der Waals surface area contributed by atoms with E-state index in [9.17, 15) is 0 Å². The highest BCUT2D eigenvalue weighted by Gasteiger charge is 2.24. The Bertz CT molecular complexity index is 446. The quantitative estimate of drug-likeness (QED) is 0.786. The topological polar surface area (TPSA) is 30.5 Å². The third-order valence-corrected chi connectivity index (χ3v) is 4.37. The van der Waals surface area contributed by atoms with Crippen LogP contribution in [-0.2, 0) is 6.54 Å². The van der Waals surface area contributed by atoms with Gasteiger partial charge in [0.05, 0.1) is 19.2 Å². The van der Waals surface area contributed by atoms with E-state index in [2.05, 4.69) is 12.2 Å². The first-order chi connectivity index (χ1) is 9.69. The Kier molecular flexibility index (Phi) is 5.55. The average Bonchev–Trinajstić information content (AvgIpc) is 3.28. The van der Waals surface area contributed by atoms with Crippen molar-refractivity contribution in [2.75, 3.05) is 14.2 Å². The summed E-state index contributed by atoms with van der Waals surface area (Å²) in [6.07, 6.45) is 5.23. The summed E-state index contributed by atoms with van der Waals surface area (Å²) in [5, 5.41) is 4.25. The molecule has 1 atom stereocenters. The highest BCUT2D eigenvalue weighted by Crippen LogP contribution is 2.37. The highest BCUT2D eigenvalue weighted by molar-refractivity contribution is 6.33. The van der Waals surface area contributed by atoms with Gasteiger partial charge in [-0.05, 0) is 30.4 Å². The van der Waals surface area contributed by atoms with Crippen molar-refractivity contribution in [2.24, 2.45) is 5.92 Å². The minimum absolute atomic E-state index is 0.576. The smallest absolute Gasteiger partial charge is 0.179 e. The van der Waals surface area contributed by atoms with E-state index in [4.69, 9.17) is 21.1 Å². The molecule has 0 amide bonds. The molecular formula is C16H24ClNO2. The third kappa shape index (κ3) is 3.80. The van der Waals surface area contributed by atoms with Crippen molar-refractivity contribution in [1.82, 2.24) is 5.32 Å². The van der Waals surface area contributed by atoms with Crippen LogP contribution in [0.3, 0.4) is 0 Å². The minimum Gasteiger partial charge on any atom is -0.493 e. The van der Waals surface area contributed by atoms with Crippen LogP contribution < -0.4 is 14.8 Å². The Hall–Kier alpha value is -0.930. The number of hydrogen-bond acceptors (Lipinski definition) is 3. The van der Waals surface area contributed by atoms with E-state index in [0.29, 0.717) is 22.6 Å². The fourth-order valence-corrected chi connectivity index (χ4v) is 2.77. The van der Waals surface area contributed by atoms with Crippen LogP contribution in [-0.4, -0.2) is 20.3 Å². The Morgan fingerprint density at radius 2 is 2.05 bits per heavy atom. The lowest BCUT2D eigenvalue weighted by atomic mass is 10.1. The monoisotopic (exact) mass is 297 g/mol. The first-order valence-corrected chi connectivity index (χ1v) is 7.70. The van der Waals surface area contributed by atoms with Crippen LogP contribution in [0.15, 0.2) is 12.1 Å². The predicted molar refractivity (Wildman–Crippen MR) is 82.8 cm³/mol. The van der Waals surface area contributed by atoms with E-state index in [-0.39, 0.29) is 0 Å². The zero-order valence-electron chi connectivity index (χ0n) is 12.5. The standard InChI is InChI=1S/C16H24ClNO2/c1-4-13(9-11-5-6-11)18-10-12-7-8-14(19-2)16(20-3)15(12)17/h7-8,11,13,18H,4-6,9-10H2,1-3H3. The number of hydrogen-bond donors (Lipinski definition) is 1. The third-order valence-electron chi connectivity index (χ3n) is 3.95. The number of rotatable bonds is 8. The molecular weight excluding hydrogens is 274 g/mol. The molecule has 1 aliphatic rings. The second kappa shape index (κ2) is 7.19. The van der Waals surface area contributed by atoms with E-state index < -0.39 is 0 Å². The van der Waals surface area contributed by atoms with Gasteiger partial charge in [-0.25, -0.2) is 0 Å². The van der Waals surface area contributed by atoms with E-state index >= 15 is 0 Å². The molecule has 1 saturated carbocycles. The molecule has 0 aliphatic heterocycles. The summed E-state index contributed by atoms with van der Waals surface area (Å²) in [5.74, 6) is 2.23. The van der Waals surface area contributed by atoms with Gasteiger partial charge >= 0.3 is 0 Å². The van der Waals surface area contributed by atoms with Crippen molar-refractivity contribution >= 4 is 11.6 Å². The van der Waals surface area contributed by atoms with Crippen molar-refractivity contribution in [3.05, 3.63) is 22.7 Å². The zero-order chi connectivity index (χ0) is 14.5. The number of nitrogens with one attached hydrogen (secondary N) is 1. The van der Waals surface area contributed by atoms with Gasteiger partial charge in [0.1, 0.15) is 0 Å². The molecule has 0 saturated heterocycles. The first kappa shape index (κ1) is 15.5. The summed E-state index contributed by atoms with van der Waals surface area (Å²) in [6, 6.07) is 4.48. The number of methoxy groups -OCH3 is 2. The second-order valence-corrected chi connectivity index (χ2v) is 5.82.